The van der Waals surface area contributed by atoms with E-state index in [4.69, 9.17) is 4.98 Å². The fourth-order valence-corrected chi connectivity index (χ4v) is 4.54. The van der Waals surface area contributed by atoms with Crippen LogP contribution in [-0.4, -0.2) is 35.4 Å². The van der Waals surface area contributed by atoms with Gasteiger partial charge in [0.15, 0.2) is 0 Å². The number of likely N-dealkylation sites (tertiary alicyclic amines) is 1. The van der Waals surface area contributed by atoms with Crippen molar-refractivity contribution in [2.75, 3.05) is 25.0 Å². The molecular formula is C20H19F2N3OS. The number of para-hydroxylation sites is 2. The minimum atomic E-state index is -0.766. The molecule has 1 aliphatic heterocycles. The molecule has 4 rings (SSSR count). The van der Waals surface area contributed by atoms with Crippen LogP contribution in [-0.2, 0) is 4.79 Å². The number of nitrogens with zero attached hydrogens (tertiary/aromatic N) is 2. The smallest absolute Gasteiger partial charge is 0.238 e. The van der Waals surface area contributed by atoms with Gasteiger partial charge < -0.3 is 5.32 Å². The molecule has 3 aromatic rings. The predicted octanol–water partition coefficient (Wildman–Crippen LogP) is 4.39. The van der Waals surface area contributed by atoms with E-state index in [-0.39, 0.29) is 12.2 Å². The summed E-state index contributed by atoms with van der Waals surface area (Å²) in [7, 11) is 0. The van der Waals surface area contributed by atoms with Crippen molar-refractivity contribution in [2.24, 2.45) is 0 Å². The summed E-state index contributed by atoms with van der Waals surface area (Å²) >= 11 is 1.73. The molecule has 2 heterocycles. The van der Waals surface area contributed by atoms with Gasteiger partial charge in [-0.2, -0.15) is 0 Å². The van der Waals surface area contributed by atoms with E-state index in [0.29, 0.717) is 5.92 Å². The van der Waals surface area contributed by atoms with Gasteiger partial charge in [-0.15, -0.1) is 11.3 Å². The van der Waals surface area contributed by atoms with E-state index in [1.807, 2.05) is 23.1 Å². The van der Waals surface area contributed by atoms with Crippen molar-refractivity contribution in [3.05, 3.63) is 59.1 Å². The SMILES string of the molecule is O=C(CN1CCC(c2nc3ccccc3s2)CC1)Nc1c(F)cccc1F. The summed E-state index contributed by atoms with van der Waals surface area (Å²) in [5, 5.41) is 3.49. The van der Waals surface area contributed by atoms with Gasteiger partial charge in [0, 0.05) is 5.92 Å². The Labute approximate surface area is 159 Å². The van der Waals surface area contributed by atoms with Gasteiger partial charge >= 0.3 is 0 Å². The predicted molar refractivity (Wildman–Crippen MR) is 103 cm³/mol. The Morgan fingerprint density at radius 2 is 1.81 bits per heavy atom. The van der Waals surface area contributed by atoms with Crippen LogP contribution in [0.1, 0.15) is 23.8 Å². The first-order valence-electron chi connectivity index (χ1n) is 8.92. The van der Waals surface area contributed by atoms with Crippen molar-refractivity contribution < 1.29 is 13.6 Å². The number of thiazole rings is 1. The van der Waals surface area contributed by atoms with Gasteiger partial charge in [0.1, 0.15) is 17.3 Å². The van der Waals surface area contributed by atoms with E-state index in [1.165, 1.54) is 10.8 Å². The number of carbonyl (C=O) groups is 1. The second kappa shape index (κ2) is 7.70. The molecule has 0 aliphatic carbocycles. The second-order valence-electron chi connectivity index (χ2n) is 6.72. The van der Waals surface area contributed by atoms with E-state index in [1.54, 1.807) is 11.3 Å². The van der Waals surface area contributed by atoms with Gasteiger partial charge in [-0.3, -0.25) is 9.69 Å². The molecule has 2 aromatic carbocycles. The number of hydrogen-bond donors (Lipinski definition) is 1. The Bertz CT molecular complexity index is 914. The number of halogens is 2. The molecule has 0 saturated carbocycles. The van der Waals surface area contributed by atoms with Crippen LogP contribution in [0.5, 0.6) is 0 Å². The number of rotatable bonds is 4. The van der Waals surface area contributed by atoms with Gasteiger partial charge in [0.2, 0.25) is 5.91 Å². The Morgan fingerprint density at radius 1 is 1.11 bits per heavy atom. The molecule has 7 heteroatoms. The third kappa shape index (κ3) is 3.99. The molecule has 0 radical (unpaired) electrons. The Kier molecular flexibility index (Phi) is 5.13. The highest BCUT2D eigenvalue weighted by molar-refractivity contribution is 7.18. The highest BCUT2D eigenvalue weighted by atomic mass is 32.1. The van der Waals surface area contributed by atoms with Crippen LogP contribution >= 0.6 is 11.3 Å². The molecule has 0 atom stereocenters. The van der Waals surface area contributed by atoms with E-state index < -0.39 is 17.5 Å². The van der Waals surface area contributed by atoms with Crippen LogP contribution in [0.25, 0.3) is 10.2 Å². The van der Waals surface area contributed by atoms with Crippen molar-refractivity contribution in [2.45, 2.75) is 18.8 Å². The zero-order chi connectivity index (χ0) is 18.8. The Morgan fingerprint density at radius 3 is 2.52 bits per heavy atom. The number of benzene rings is 2. The molecular weight excluding hydrogens is 368 g/mol. The largest absolute Gasteiger partial charge is 0.320 e. The van der Waals surface area contributed by atoms with Crippen molar-refractivity contribution in [3.63, 3.8) is 0 Å². The van der Waals surface area contributed by atoms with Crippen LogP contribution in [0.2, 0.25) is 0 Å². The van der Waals surface area contributed by atoms with Crippen LogP contribution < -0.4 is 5.32 Å². The zero-order valence-electron chi connectivity index (χ0n) is 14.6. The molecule has 1 aromatic heterocycles. The molecule has 1 saturated heterocycles. The Hall–Kier alpha value is -2.38. The first-order chi connectivity index (χ1) is 13.1. The Balaban J connectivity index is 1.33. The number of aromatic nitrogens is 1. The molecule has 0 spiro atoms. The number of carbonyl (C=O) groups excluding carboxylic acids is 1. The maximum Gasteiger partial charge on any atom is 0.238 e. The van der Waals surface area contributed by atoms with Crippen molar-refractivity contribution in [1.29, 1.82) is 0 Å². The lowest BCUT2D eigenvalue weighted by atomic mass is 9.97. The monoisotopic (exact) mass is 387 g/mol. The summed E-state index contributed by atoms with van der Waals surface area (Å²) in [6.07, 6.45) is 1.84. The molecule has 1 aliphatic rings. The first kappa shape index (κ1) is 18.0. The molecule has 4 nitrogen and oxygen atoms in total. The molecule has 0 unspecified atom stereocenters. The minimum Gasteiger partial charge on any atom is -0.320 e. The minimum absolute atomic E-state index is 0.125. The van der Waals surface area contributed by atoms with Gasteiger partial charge in [-0.1, -0.05) is 18.2 Å². The maximum absolute atomic E-state index is 13.6. The number of piperidine rings is 1. The van der Waals surface area contributed by atoms with E-state index in [0.717, 1.165) is 48.6 Å². The summed E-state index contributed by atoms with van der Waals surface area (Å²) in [6, 6.07) is 11.6. The quantitative estimate of drug-likeness (QED) is 0.722. The summed E-state index contributed by atoms with van der Waals surface area (Å²) in [5.74, 6) is -1.54. The number of anilines is 1. The fourth-order valence-electron chi connectivity index (χ4n) is 3.40. The van der Waals surface area contributed by atoms with Crippen LogP contribution in [0.4, 0.5) is 14.5 Å². The average molecular weight is 387 g/mol. The fraction of sp³-hybridized carbons (Fsp3) is 0.300. The lowest BCUT2D eigenvalue weighted by Gasteiger charge is -2.30. The summed E-state index contributed by atoms with van der Waals surface area (Å²) in [6.45, 7) is 1.64. The van der Waals surface area contributed by atoms with E-state index in [2.05, 4.69) is 11.4 Å². The summed E-state index contributed by atoms with van der Waals surface area (Å²) in [4.78, 5) is 18.9. The van der Waals surface area contributed by atoms with Crippen molar-refractivity contribution in [1.82, 2.24) is 9.88 Å². The van der Waals surface area contributed by atoms with Crippen LogP contribution in [0.3, 0.4) is 0 Å². The highest BCUT2D eigenvalue weighted by Crippen LogP contribution is 2.33. The molecule has 27 heavy (non-hydrogen) atoms. The average Bonchev–Trinajstić information content (AvgIpc) is 3.10. The molecule has 140 valence electrons. The normalized spacial score (nSPS) is 15.9. The third-order valence-electron chi connectivity index (χ3n) is 4.84. The lowest BCUT2D eigenvalue weighted by Crippen LogP contribution is -2.38. The van der Waals surface area contributed by atoms with Crippen molar-refractivity contribution in [3.8, 4) is 0 Å². The van der Waals surface area contributed by atoms with Gasteiger partial charge in [0.25, 0.3) is 0 Å². The number of hydrogen-bond acceptors (Lipinski definition) is 4. The first-order valence-corrected chi connectivity index (χ1v) is 9.73. The lowest BCUT2D eigenvalue weighted by molar-refractivity contribution is -0.117. The van der Waals surface area contributed by atoms with E-state index >= 15 is 0 Å². The third-order valence-corrected chi connectivity index (χ3v) is 6.04. The van der Waals surface area contributed by atoms with Gasteiger partial charge in [-0.05, 0) is 50.2 Å². The number of nitrogens with one attached hydrogen (secondary N) is 1. The molecule has 1 amide bonds. The van der Waals surface area contributed by atoms with Crippen LogP contribution in [0, 0.1) is 11.6 Å². The van der Waals surface area contributed by atoms with Crippen molar-refractivity contribution >= 4 is 33.1 Å². The van der Waals surface area contributed by atoms with Gasteiger partial charge in [-0.25, -0.2) is 13.8 Å². The number of amides is 1. The second-order valence-corrected chi connectivity index (χ2v) is 7.78. The number of fused-ring (bicyclic) bond motifs is 1. The van der Waals surface area contributed by atoms with Gasteiger partial charge in [0.05, 0.1) is 21.8 Å². The zero-order valence-corrected chi connectivity index (χ0v) is 15.4. The molecule has 0 bridgehead atoms. The van der Waals surface area contributed by atoms with E-state index in [9.17, 15) is 13.6 Å². The standard InChI is InChI=1S/C20H19F2N3OS/c21-14-4-3-5-15(22)19(14)24-18(26)12-25-10-8-13(9-11-25)20-23-16-6-1-2-7-17(16)27-20/h1-7,13H,8-12H2,(H,24,26). The summed E-state index contributed by atoms with van der Waals surface area (Å²) < 4.78 is 28.5. The molecule has 1 N–H and O–H groups in total. The maximum atomic E-state index is 13.6. The summed E-state index contributed by atoms with van der Waals surface area (Å²) in [5.41, 5.74) is 0.651. The topological polar surface area (TPSA) is 45.2 Å². The molecule has 1 fully saturated rings. The highest BCUT2D eigenvalue weighted by Gasteiger charge is 2.25. The van der Waals surface area contributed by atoms with Crippen LogP contribution in [0.15, 0.2) is 42.5 Å².